The monoisotopic (exact) mass is 431 g/mol. The quantitative estimate of drug-likeness (QED) is 0.354. The van der Waals surface area contributed by atoms with Gasteiger partial charge >= 0.3 is 0 Å². The standard InChI is InChI=1S/C28H25N5/c1-18-5-4-6-24(11-18)27-19(2)12-21(15-32-27)16-33-28-25-17-31-26(14-22(25)7-10-30-28)23-8-9-29-20(3)13-23/h4-15,17H,16H2,1-3H3,(H,30,33). The van der Waals surface area contributed by atoms with Gasteiger partial charge in [0, 0.05) is 53.5 Å². The summed E-state index contributed by atoms with van der Waals surface area (Å²) in [5, 5.41) is 5.55. The lowest BCUT2D eigenvalue weighted by molar-refractivity contribution is 1.08. The van der Waals surface area contributed by atoms with Gasteiger partial charge in [-0.25, -0.2) is 4.98 Å². The van der Waals surface area contributed by atoms with Gasteiger partial charge < -0.3 is 5.32 Å². The average molecular weight is 432 g/mol. The van der Waals surface area contributed by atoms with Crippen LogP contribution in [-0.4, -0.2) is 19.9 Å². The van der Waals surface area contributed by atoms with Crippen LogP contribution in [0, 0.1) is 20.8 Å². The van der Waals surface area contributed by atoms with Crippen molar-refractivity contribution in [1.82, 2.24) is 19.9 Å². The van der Waals surface area contributed by atoms with E-state index in [9.17, 15) is 0 Å². The molecule has 0 unspecified atom stereocenters. The van der Waals surface area contributed by atoms with Gasteiger partial charge in [-0.1, -0.05) is 29.8 Å². The lowest BCUT2D eigenvalue weighted by Gasteiger charge is -2.12. The van der Waals surface area contributed by atoms with E-state index < -0.39 is 0 Å². The molecule has 1 aromatic carbocycles. The Kier molecular flexibility index (Phi) is 5.53. The van der Waals surface area contributed by atoms with Crippen molar-refractivity contribution in [1.29, 1.82) is 0 Å². The molecule has 0 aliphatic rings. The third-order valence-electron chi connectivity index (χ3n) is 5.73. The lowest BCUT2D eigenvalue weighted by atomic mass is 10.0. The Balaban J connectivity index is 1.38. The summed E-state index contributed by atoms with van der Waals surface area (Å²) < 4.78 is 0. The van der Waals surface area contributed by atoms with E-state index in [0.717, 1.165) is 55.9 Å². The number of nitrogens with one attached hydrogen (secondary N) is 1. The van der Waals surface area contributed by atoms with Crippen molar-refractivity contribution >= 4 is 16.6 Å². The van der Waals surface area contributed by atoms with E-state index in [1.54, 1.807) is 0 Å². The maximum atomic E-state index is 4.74. The van der Waals surface area contributed by atoms with E-state index in [0.29, 0.717) is 6.54 Å². The average Bonchev–Trinajstić information content (AvgIpc) is 2.82. The molecule has 0 fully saturated rings. The molecule has 0 bridgehead atoms. The van der Waals surface area contributed by atoms with Gasteiger partial charge in [0.15, 0.2) is 0 Å². The summed E-state index contributed by atoms with van der Waals surface area (Å²) >= 11 is 0. The minimum absolute atomic E-state index is 0.638. The molecule has 1 N–H and O–H groups in total. The molecule has 0 spiro atoms. The Hall–Kier alpha value is -4.12. The van der Waals surface area contributed by atoms with Gasteiger partial charge in [0.1, 0.15) is 5.82 Å². The first kappa shape index (κ1) is 20.8. The van der Waals surface area contributed by atoms with Crippen LogP contribution in [0.15, 0.2) is 79.4 Å². The minimum Gasteiger partial charge on any atom is -0.365 e. The molecule has 5 aromatic rings. The molecule has 5 rings (SSSR count). The van der Waals surface area contributed by atoms with Crippen molar-refractivity contribution in [2.75, 3.05) is 5.32 Å². The highest BCUT2D eigenvalue weighted by Crippen LogP contribution is 2.27. The van der Waals surface area contributed by atoms with Crippen LogP contribution in [0.2, 0.25) is 0 Å². The Morgan fingerprint density at radius 2 is 1.64 bits per heavy atom. The molecule has 4 aromatic heterocycles. The van der Waals surface area contributed by atoms with Crippen molar-refractivity contribution in [3.05, 3.63) is 102 Å². The fourth-order valence-electron chi connectivity index (χ4n) is 4.08. The second-order valence-corrected chi connectivity index (χ2v) is 8.37. The molecule has 33 heavy (non-hydrogen) atoms. The molecule has 0 aliphatic carbocycles. The van der Waals surface area contributed by atoms with Crippen molar-refractivity contribution < 1.29 is 0 Å². The van der Waals surface area contributed by atoms with Crippen LogP contribution in [-0.2, 0) is 6.54 Å². The van der Waals surface area contributed by atoms with Gasteiger partial charge in [0.05, 0.1) is 11.4 Å². The van der Waals surface area contributed by atoms with Gasteiger partial charge in [0.25, 0.3) is 0 Å². The second kappa shape index (κ2) is 8.79. The third-order valence-corrected chi connectivity index (χ3v) is 5.73. The smallest absolute Gasteiger partial charge is 0.135 e. The van der Waals surface area contributed by atoms with Gasteiger partial charge in [-0.15, -0.1) is 0 Å². The highest BCUT2D eigenvalue weighted by atomic mass is 15.0. The summed E-state index contributed by atoms with van der Waals surface area (Å²) in [7, 11) is 0. The van der Waals surface area contributed by atoms with E-state index in [1.165, 1.54) is 5.56 Å². The maximum Gasteiger partial charge on any atom is 0.135 e. The maximum absolute atomic E-state index is 4.74. The van der Waals surface area contributed by atoms with E-state index >= 15 is 0 Å². The van der Waals surface area contributed by atoms with Crippen LogP contribution >= 0.6 is 0 Å². The zero-order valence-electron chi connectivity index (χ0n) is 19.0. The zero-order chi connectivity index (χ0) is 22.8. The molecular weight excluding hydrogens is 406 g/mol. The fourth-order valence-corrected chi connectivity index (χ4v) is 4.08. The van der Waals surface area contributed by atoms with E-state index in [1.807, 2.05) is 49.9 Å². The topological polar surface area (TPSA) is 63.6 Å². The molecule has 4 heterocycles. The predicted octanol–water partition coefficient (Wildman–Crippen LogP) is 6.29. The van der Waals surface area contributed by atoms with Gasteiger partial charge in [-0.3, -0.25) is 15.0 Å². The molecule has 162 valence electrons. The largest absolute Gasteiger partial charge is 0.365 e. The summed E-state index contributed by atoms with van der Waals surface area (Å²) in [6, 6.07) is 18.8. The zero-order valence-corrected chi connectivity index (χ0v) is 19.0. The number of nitrogens with zero attached hydrogens (tertiary/aromatic N) is 4. The van der Waals surface area contributed by atoms with Gasteiger partial charge in [-0.2, -0.15) is 0 Å². The molecule has 0 amide bonds. The molecule has 0 saturated carbocycles. The number of anilines is 1. The number of hydrogen-bond acceptors (Lipinski definition) is 5. The number of pyridine rings is 4. The molecule has 0 aliphatic heterocycles. The SMILES string of the molecule is Cc1cccc(-c2ncc(CNc3nccc4cc(-c5ccnc(C)c5)ncc34)cc2C)c1. The van der Waals surface area contributed by atoms with E-state index in [4.69, 9.17) is 4.98 Å². The van der Waals surface area contributed by atoms with Crippen molar-refractivity contribution in [2.45, 2.75) is 27.3 Å². The predicted molar refractivity (Wildman–Crippen MR) is 134 cm³/mol. The van der Waals surface area contributed by atoms with Crippen LogP contribution < -0.4 is 5.32 Å². The van der Waals surface area contributed by atoms with E-state index in [-0.39, 0.29) is 0 Å². The molecular formula is C28H25N5. The highest BCUT2D eigenvalue weighted by molar-refractivity contribution is 5.93. The lowest BCUT2D eigenvalue weighted by Crippen LogP contribution is -2.03. The first-order chi connectivity index (χ1) is 16.1. The Morgan fingerprint density at radius 3 is 2.45 bits per heavy atom. The first-order valence-electron chi connectivity index (χ1n) is 11.0. The second-order valence-electron chi connectivity index (χ2n) is 8.37. The van der Waals surface area contributed by atoms with Gasteiger partial charge in [0.2, 0.25) is 0 Å². The van der Waals surface area contributed by atoms with E-state index in [2.05, 4.69) is 70.5 Å². The van der Waals surface area contributed by atoms with Crippen molar-refractivity contribution in [3.63, 3.8) is 0 Å². The van der Waals surface area contributed by atoms with Crippen LogP contribution in [0.3, 0.4) is 0 Å². The molecule has 5 heteroatoms. The number of benzene rings is 1. The number of rotatable bonds is 5. The number of aryl methyl sites for hydroxylation is 3. The number of hydrogen-bond donors (Lipinski definition) is 1. The highest BCUT2D eigenvalue weighted by Gasteiger charge is 2.09. The summed E-state index contributed by atoms with van der Waals surface area (Å²) in [6.07, 6.45) is 7.47. The van der Waals surface area contributed by atoms with Crippen LogP contribution in [0.5, 0.6) is 0 Å². The Morgan fingerprint density at radius 1 is 0.758 bits per heavy atom. The number of aromatic nitrogens is 4. The minimum atomic E-state index is 0.638. The van der Waals surface area contributed by atoms with Crippen LogP contribution in [0.25, 0.3) is 33.3 Å². The fraction of sp³-hybridized carbons (Fsp3) is 0.143. The molecule has 0 saturated heterocycles. The molecule has 0 atom stereocenters. The van der Waals surface area contributed by atoms with Crippen LogP contribution in [0.1, 0.15) is 22.4 Å². The first-order valence-corrected chi connectivity index (χ1v) is 11.0. The van der Waals surface area contributed by atoms with Crippen molar-refractivity contribution in [3.8, 4) is 22.5 Å². The normalized spacial score (nSPS) is 11.0. The summed E-state index contributed by atoms with van der Waals surface area (Å²) in [4.78, 5) is 18.2. The van der Waals surface area contributed by atoms with Crippen molar-refractivity contribution in [2.24, 2.45) is 0 Å². The third kappa shape index (κ3) is 4.44. The Labute approximate surface area is 193 Å². The summed E-state index contributed by atoms with van der Waals surface area (Å²) in [6.45, 7) is 6.83. The summed E-state index contributed by atoms with van der Waals surface area (Å²) in [5.74, 6) is 0.817. The molecule has 0 radical (unpaired) electrons. The summed E-state index contributed by atoms with van der Waals surface area (Å²) in [5.41, 5.74) is 8.64. The van der Waals surface area contributed by atoms with Gasteiger partial charge in [-0.05, 0) is 67.6 Å². The number of fused-ring (bicyclic) bond motifs is 1. The Bertz CT molecular complexity index is 1460. The van der Waals surface area contributed by atoms with Crippen LogP contribution in [0.4, 0.5) is 5.82 Å². The molecule has 5 nitrogen and oxygen atoms in total.